The molecule has 0 aromatic heterocycles. The number of hydrogen-bond donors (Lipinski definition) is 2. The van der Waals surface area contributed by atoms with Crippen LogP contribution in [0.5, 0.6) is 0 Å². The minimum absolute atomic E-state index is 0. The van der Waals surface area contributed by atoms with E-state index >= 15 is 0 Å². The maximum atomic E-state index is 11.8. The van der Waals surface area contributed by atoms with E-state index in [4.69, 9.17) is 0 Å². The largest absolute Gasteiger partial charge is 0.352 e. The van der Waals surface area contributed by atoms with E-state index in [1.54, 1.807) is 0 Å². The summed E-state index contributed by atoms with van der Waals surface area (Å²) in [6, 6.07) is 8.45. The highest BCUT2D eigenvalue weighted by Crippen LogP contribution is 2.12. The van der Waals surface area contributed by atoms with Crippen LogP contribution in [-0.4, -0.2) is 25.0 Å². The Balaban J connectivity index is 0.00000180. The summed E-state index contributed by atoms with van der Waals surface area (Å²) >= 11 is 3.41. The molecule has 0 bridgehead atoms. The Hall–Kier alpha value is -0.580. The van der Waals surface area contributed by atoms with Gasteiger partial charge in [-0.25, -0.2) is 0 Å². The molecule has 2 rings (SSSR count). The molecule has 1 heterocycles. The lowest BCUT2D eigenvalue weighted by Gasteiger charge is -2.23. The van der Waals surface area contributed by atoms with Gasteiger partial charge in [0, 0.05) is 23.5 Å². The molecule has 1 aliphatic heterocycles. The molecule has 0 unspecified atom stereocenters. The second kappa shape index (κ2) is 8.56. The van der Waals surface area contributed by atoms with Crippen molar-refractivity contribution in [2.45, 2.75) is 31.7 Å². The van der Waals surface area contributed by atoms with Crippen molar-refractivity contribution in [2.24, 2.45) is 0 Å². The number of nitrogens with one attached hydrogen (secondary N) is 2. The molecular weight excluding hydrogens is 328 g/mol. The third-order valence-electron chi connectivity index (χ3n) is 3.22. The van der Waals surface area contributed by atoms with Crippen molar-refractivity contribution in [2.75, 3.05) is 13.1 Å². The van der Waals surface area contributed by atoms with Crippen molar-refractivity contribution in [1.29, 1.82) is 0 Å². The smallest absolute Gasteiger partial charge is 0.220 e. The topological polar surface area (TPSA) is 41.1 Å². The SMILES string of the molecule is Cl.O=C(CCc1ccc(Br)cc1)N[C@H]1CCCNC1. The van der Waals surface area contributed by atoms with Crippen molar-refractivity contribution >= 4 is 34.2 Å². The zero-order valence-corrected chi connectivity index (χ0v) is 13.2. The molecule has 1 atom stereocenters. The summed E-state index contributed by atoms with van der Waals surface area (Å²) in [5.74, 6) is 0.159. The van der Waals surface area contributed by atoms with Gasteiger partial charge in [0.2, 0.25) is 5.91 Å². The van der Waals surface area contributed by atoms with E-state index in [-0.39, 0.29) is 18.3 Å². The molecule has 19 heavy (non-hydrogen) atoms. The lowest BCUT2D eigenvalue weighted by molar-refractivity contribution is -0.121. The van der Waals surface area contributed by atoms with Crippen LogP contribution in [0.15, 0.2) is 28.7 Å². The van der Waals surface area contributed by atoms with Gasteiger partial charge in [-0.3, -0.25) is 4.79 Å². The number of benzene rings is 1. The molecule has 3 nitrogen and oxygen atoms in total. The summed E-state index contributed by atoms with van der Waals surface area (Å²) in [6.07, 6.45) is 3.62. The van der Waals surface area contributed by atoms with Crippen molar-refractivity contribution < 1.29 is 4.79 Å². The van der Waals surface area contributed by atoms with Crippen LogP contribution in [0.4, 0.5) is 0 Å². The van der Waals surface area contributed by atoms with Gasteiger partial charge in [0.15, 0.2) is 0 Å². The standard InChI is InChI=1S/C14H19BrN2O.ClH/c15-12-6-3-11(4-7-12)5-8-14(18)17-13-2-1-9-16-10-13;/h3-4,6-7,13,16H,1-2,5,8-10H2,(H,17,18);1H/t13-;/m0./s1. The highest BCUT2D eigenvalue weighted by atomic mass is 79.9. The second-order valence-electron chi connectivity index (χ2n) is 4.74. The molecule has 0 radical (unpaired) electrons. The summed E-state index contributed by atoms with van der Waals surface area (Å²) in [4.78, 5) is 11.8. The molecule has 106 valence electrons. The van der Waals surface area contributed by atoms with E-state index in [9.17, 15) is 4.79 Å². The first kappa shape index (κ1) is 16.5. The van der Waals surface area contributed by atoms with E-state index in [1.165, 1.54) is 5.56 Å². The Morgan fingerprint density at radius 3 is 2.74 bits per heavy atom. The second-order valence-corrected chi connectivity index (χ2v) is 5.65. The van der Waals surface area contributed by atoms with E-state index in [1.807, 2.05) is 12.1 Å². The molecule has 1 aliphatic rings. The number of rotatable bonds is 4. The van der Waals surface area contributed by atoms with E-state index in [0.29, 0.717) is 12.5 Å². The summed E-state index contributed by atoms with van der Waals surface area (Å²) in [7, 11) is 0. The fourth-order valence-electron chi connectivity index (χ4n) is 2.18. The quantitative estimate of drug-likeness (QED) is 0.879. The average Bonchev–Trinajstić information content (AvgIpc) is 2.39. The zero-order valence-electron chi connectivity index (χ0n) is 10.8. The lowest BCUT2D eigenvalue weighted by atomic mass is 10.1. The Kier molecular flexibility index (Phi) is 7.42. The number of piperidine rings is 1. The van der Waals surface area contributed by atoms with Crippen LogP contribution in [0.1, 0.15) is 24.8 Å². The summed E-state index contributed by atoms with van der Waals surface area (Å²) in [5, 5.41) is 6.39. The third kappa shape index (κ3) is 5.93. The Bertz CT molecular complexity index is 391. The lowest BCUT2D eigenvalue weighted by Crippen LogP contribution is -2.45. The predicted molar refractivity (Wildman–Crippen MR) is 83.7 cm³/mol. The summed E-state index contributed by atoms with van der Waals surface area (Å²) in [6.45, 7) is 1.98. The van der Waals surface area contributed by atoms with Crippen LogP contribution in [0, 0.1) is 0 Å². The average molecular weight is 348 g/mol. The van der Waals surface area contributed by atoms with Crippen molar-refractivity contribution in [3.8, 4) is 0 Å². The normalized spacial score (nSPS) is 18.5. The maximum absolute atomic E-state index is 11.8. The van der Waals surface area contributed by atoms with Gasteiger partial charge >= 0.3 is 0 Å². The molecule has 0 saturated carbocycles. The Morgan fingerprint density at radius 1 is 1.37 bits per heavy atom. The van der Waals surface area contributed by atoms with Crippen molar-refractivity contribution in [1.82, 2.24) is 10.6 Å². The van der Waals surface area contributed by atoms with Crippen LogP contribution in [0.25, 0.3) is 0 Å². The fourth-order valence-corrected chi connectivity index (χ4v) is 2.45. The van der Waals surface area contributed by atoms with Crippen molar-refractivity contribution in [3.05, 3.63) is 34.3 Å². The zero-order chi connectivity index (χ0) is 12.8. The van der Waals surface area contributed by atoms with Gasteiger partial charge in [-0.15, -0.1) is 12.4 Å². The van der Waals surface area contributed by atoms with Crippen LogP contribution in [0.2, 0.25) is 0 Å². The number of aryl methyl sites for hydroxylation is 1. The molecule has 1 fully saturated rings. The number of carbonyl (C=O) groups excluding carboxylic acids is 1. The Morgan fingerprint density at radius 2 is 2.11 bits per heavy atom. The van der Waals surface area contributed by atoms with Crippen LogP contribution < -0.4 is 10.6 Å². The minimum Gasteiger partial charge on any atom is -0.352 e. The van der Waals surface area contributed by atoms with Gasteiger partial charge < -0.3 is 10.6 Å². The number of hydrogen-bond acceptors (Lipinski definition) is 2. The van der Waals surface area contributed by atoms with Crippen LogP contribution >= 0.6 is 28.3 Å². The Labute approximate surface area is 129 Å². The molecule has 2 N–H and O–H groups in total. The van der Waals surface area contributed by atoms with Crippen LogP contribution in [-0.2, 0) is 11.2 Å². The summed E-state index contributed by atoms with van der Waals surface area (Å²) in [5.41, 5.74) is 1.20. The number of carbonyl (C=O) groups is 1. The molecule has 5 heteroatoms. The molecule has 0 spiro atoms. The van der Waals surface area contributed by atoms with Gasteiger partial charge in [-0.2, -0.15) is 0 Å². The monoisotopic (exact) mass is 346 g/mol. The number of amides is 1. The predicted octanol–water partition coefficient (Wildman–Crippen LogP) is 2.67. The first-order valence-electron chi connectivity index (χ1n) is 6.48. The summed E-state index contributed by atoms with van der Waals surface area (Å²) < 4.78 is 1.07. The minimum atomic E-state index is 0. The van der Waals surface area contributed by atoms with Gasteiger partial charge in [0.25, 0.3) is 0 Å². The van der Waals surface area contributed by atoms with E-state index < -0.39 is 0 Å². The first-order valence-corrected chi connectivity index (χ1v) is 7.28. The highest BCUT2D eigenvalue weighted by Gasteiger charge is 2.14. The fraction of sp³-hybridized carbons (Fsp3) is 0.500. The van der Waals surface area contributed by atoms with Crippen molar-refractivity contribution in [3.63, 3.8) is 0 Å². The third-order valence-corrected chi connectivity index (χ3v) is 3.74. The van der Waals surface area contributed by atoms with E-state index in [0.717, 1.165) is 36.8 Å². The van der Waals surface area contributed by atoms with Gasteiger partial charge in [0.1, 0.15) is 0 Å². The molecule has 1 amide bonds. The molecule has 1 aromatic rings. The first-order chi connectivity index (χ1) is 8.74. The van der Waals surface area contributed by atoms with Gasteiger partial charge in [0.05, 0.1) is 0 Å². The van der Waals surface area contributed by atoms with Crippen LogP contribution in [0.3, 0.4) is 0 Å². The van der Waals surface area contributed by atoms with E-state index in [2.05, 4.69) is 38.7 Å². The maximum Gasteiger partial charge on any atom is 0.220 e. The highest BCUT2D eigenvalue weighted by molar-refractivity contribution is 9.10. The molecule has 0 aliphatic carbocycles. The number of halogens is 2. The van der Waals surface area contributed by atoms with Gasteiger partial charge in [-0.1, -0.05) is 28.1 Å². The molecule has 1 aromatic carbocycles. The molecule has 1 saturated heterocycles. The molecular formula is C14H20BrClN2O. The van der Waals surface area contributed by atoms with Gasteiger partial charge in [-0.05, 0) is 43.5 Å².